The molecule has 0 saturated heterocycles. The molecule has 152 valence electrons. The van der Waals surface area contributed by atoms with Crippen LogP contribution in [-0.2, 0) is 27.3 Å². The third kappa shape index (κ3) is 5.58. The summed E-state index contributed by atoms with van der Waals surface area (Å²) in [5.74, 6) is -0.421. The monoisotopic (exact) mass is 402 g/mol. The standard InChI is InChI=1S/C22H30N2O3S/c1-21(2,3)19-12-15(10-11-18(19)20(23)25)14-22(4,5)16-8-7-9-17(13-16)24-28(6,26)27/h7-13,24H,14H2,1-6H3,(H2,23,25). The van der Waals surface area contributed by atoms with Crippen LogP contribution in [0, 0.1) is 0 Å². The first-order valence-electron chi connectivity index (χ1n) is 9.21. The fourth-order valence-corrected chi connectivity index (χ4v) is 3.92. The Morgan fingerprint density at radius 3 is 2.21 bits per heavy atom. The van der Waals surface area contributed by atoms with Crippen LogP contribution in [0.25, 0.3) is 0 Å². The average molecular weight is 403 g/mol. The molecule has 0 bridgehead atoms. The molecule has 1 amide bonds. The Bertz CT molecular complexity index is 987. The molecule has 0 saturated carbocycles. The van der Waals surface area contributed by atoms with Crippen LogP contribution in [0.1, 0.15) is 61.7 Å². The van der Waals surface area contributed by atoms with Crippen molar-refractivity contribution < 1.29 is 13.2 Å². The number of amides is 1. The van der Waals surface area contributed by atoms with Gasteiger partial charge in [-0.1, -0.05) is 58.9 Å². The number of benzene rings is 2. The molecule has 6 heteroatoms. The van der Waals surface area contributed by atoms with Gasteiger partial charge >= 0.3 is 0 Å². The topological polar surface area (TPSA) is 89.3 Å². The van der Waals surface area contributed by atoms with E-state index >= 15 is 0 Å². The van der Waals surface area contributed by atoms with E-state index in [-0.39, 0.29) is 10.8 Å². The quantitative estimate of drug-likeness (QED) is 0.766. The van der Waals surface area contributed by atoms with Crippen molar-refractivity contribution in [1.82, 2.24) is 0 Å². The Balaban J connectivity index is 2.39. The van der Waals surface area contributed by atoms with E-state index in [1.165, 1.54) is 0 Å². The van der Waals surface area contributed by atoms with E-state index < -0.39 is 15.9 Å². The summed E-state index contributed by atoms with van der Waals surface area (Å²) >= 11 is 0. The van der Waals surface area contributed by atoms with E-state index in [2.05, 4.69) is 45.4 Å². The second-order valence-electron chi connectivity index (χ2n) is 9.01. The Hall–Kier alpha value is -2.34. The number of primary amides is 1. The summed E-state index contributed by atoms with van der Waals surface area (Å²) in [6, 6.07) is 13.2. The number of nitrogens with one attached hydrogen (secondary N) is 1. The summed E-state index contributed by atoms with van der Waals surface area (Å²) in [5.41, 5.74) is 9.26. The minimum Gasteiger partial charge on any atom is -0.366 e. The third-order valence-electron chi connectivity index (χ3n) is 4.75. The van der Waals surface area contributed by atoms with Crippen LogP contribution >= 0.6 is 0 Å². The first kappa shape index (κ1) is 22.0. The van der Waals surface area contributed by atoms with Gasteiger partial charge in [-0.05, 0) is 52.1 Å². The highest BCUT2D eigenvalue weighted by Gasteiger charge is 2.25. The van der Waals surface area contributed by atoms with Crippen molar-refractivity contribution in [3.63, 3.8) is 0 Å². The van der Waals surface area contributed by atoms with Crippen LogP contribution in [-0.4, -0.2) is 20.6 Å². The number of rotatable bonds is 6. The summed E-state index contributed by atoms with van der Waals surface area (Å²) < 4.78 is 25.6. The molecule has 0 heterocycles. The van der Waals surface area contributed by atoms with Crippen molar-refractivity contribution in [2.24, 2.45) is 5.73 Å². The molecule has 28 heavy (non-hydrogen) atoms. The number of hydrogen-bond donors (Lipinski definition) is 2. The summed E-state index contributed by atoms with van der Waals surface area (Å²) in [5, 5.41) is 0. The van der Waals surface area contributed by atoms with Gasteiger partial charge in [0.1, 0.15) is 0 Å². The zero-order valence-corrected chi connectivity index (χ0v) is 18.3. The van der Waals surface area contributed by atoms with E-state index in [9.17, 15) is 13.2 Å². The predicted octanol–water partition coefficient (Wildman–Crippen LogP) is 3.97. The molecule has 0 aliphatic carbocycles. The van der Waals surface area contributed by atoms with Gasteiger partial charge in [-0.2, -0.15) is 0 Å². The van der Waals surface area contributed by atoms with Gasteiger partial charge in [-0.15, -0.1) is 0 Å². The van der Waals surface area contributed by atoms with E-state index in [0.29, 0.717) is 11.3 Å². The van der Waals surface area contributed by atoms with Gasteiger partial charge in [0.2, 0.25) is 15.9 Å². The van der Waals surface area contributed by atoms with Crippen LogP contribution in [0.4, 0.5) is 5.69 Å². The second kappa shape index (κ2) is 7.59. The minimum absolute atomic E-state index is 0.205. The number of carbonyl (C=O) groups excluding carboxylic acids is 1. The Labute approximate surface area is 168 Å². The molecule has 0 atom stereocenters. The lowest BCUT2D eigenvalue weighted by Crippen LogP contribution is -2.24. The van der Waals surface area contributed by atoms with Crippen LogP contribution in [0.5, 0.6) is 0 Å². The highest BCUT2D eigenvalue weighted by molar-refractivity contribution is 7.92. The molecule has 2 aromatic rings. The van der Waals surface area contributed by atoms with Crippen LogP contribution in [0.3, 0.4) is 0 Å². The number of carbonyl (C=O) groups is 1. The van der Waals surface area contributed by atoms with Crippen molar-refractivity contribution >= 4 is 21.6 Å². The van der Waals surface area contributed by atoms with E-state index in [4.69, 9.17) is 5.73 Å². The lowest BCUT2D eigenvalue weighted by atomic mass is 9.76. The number of sulfonamides is 1. The van der Waals surface area contributed by atoms with Crippen molar-refractivity contribution in [3.8, 4) is 0 Å². The molecule has 0 unspecified atom stereocenters. The maximum Gasteiger partial charge on any atom is 0.248 e. The van der Waals surface area contributed by atoms with Crippen molar-refractivity contribution in [3.05, 3.63) is 64.7 Å². The SMILES string of the molecule is CC(C)(C)c1cc(CC(C)(C)c2cccc(NS(C)(=O)=O)c2)ccc1C(N)=O. The summed E-state index contributed by atoms with van der Waals surface area (Å²) in [7, 11) is -3.33. The highest BCUT2D eigenvalue weighted by atomic mass is 32.2. The fourth-order valence-electron chi connectivity index (χ4n) is 3.37. The lowest BCUT2D eigenvalue weighted by molar-refractivity contribution is 0.0998. The van der Waals surface area contributed by atoms with Crippen molar-refractivity contribution in [1.29, 1.82) is 0 Å². The Morgan fingerprint density at radius 2 is 1.68 bits per heavy atom. The van der Waals surface area contributed by atoms with Gasteiger partial charge in [0.05, 0.1) is 6.26 Å². The van der Waals surface area contributed by atoms with Gasteiger partial charge in [-0.25, -0.2) is 8.42 Å². The first-order valence-corrected chi connectivity index (χ1v) is 11.1. The van der Waals surface area contributed by atoms with Gasteiger partial charge in [0.25, 0.3) is 0 Å². The average Bonchev–Trinajstić information content (AvgIpc) is 2.52. The fraction of sp³-hybridized carbons (Fsp3) is 0.409. The lowest BCUT2D eigenvalue weighted by Gasteiger charge is -2.28. The molecule has 3 N–H and O–H groups in total. The molecule has 0 fully saturated rings. The molecule has 0 aliphatic heterocycles. The van der Waals surface area contributed by atoms with Crippen molar-refractivity contribution in [2.45, 2.75) is 51.9 Å². The number of nitrogens with two attached hydrogens (primary N) is 1. The van der Waals surface area contributed by atoms with Gasteiger partial charge in [-0.3, -0.25) is 9.52 Å². The maximum absolute atomic E-state index is 11.8. The second-order valence-corrected chi connectivity index (χ2v) is 10.8. The smallest absolute Gasteiger partial charge is 0.248 e. The summed E-state index contributed by atoms with van der Waals surface area (Å²) in [6.07, 6.45) is 1.87. The van der Waals surface area contributed by atoms with Crippen molar-refractivity contribution in [2.75, 3.05) is 11.0 Å². The van der Waals surface area contributed by atoms with Crippen LogP contribution in [0.15, 0.2) is 42.5 Å². The number of anilines is 1. The third-order valence-corrected chi connectivity index (χ3v) is 5.36. The van der Waals surface area contributed by atoms with Crippen LogP contribution < -0.4 is 10.5 Å². The normalized spacial score (nSPS) is 12.6. The van der Waals surface area contributed by atoms with E-state index in [0.717, 1.165) is 29.4 Å². The largest absolute Gasteiger partial charge is 0.366 e. The molecule has 2 aromatic carbocycles. The molecule has 2 rings (SSSR count). The minimum atomic E-state index is -3.33. The maximum atomic E-state index is 11.8. The van der Waals surface area contributed by atoms with E-state index in [1.807, 2.05) is 24.3 Å². The molecule has 5 nitrogen and oxygen atoms in total. The summed E-state index contributed by atoms with van der Waals surface area (Å²) in [6.45, 7) is 10.4. The molecule has 0 aromatic heterocycles. The van der Waals surface area contributed by atoms with Gasteiger partial charge < -0.3 is 5.73 Å². The molecular weight excluding hydrogens is 372 g/mol. The van der Waals surface area contributed by atoms with E-state index in [1.54, 1.807) is 12.1 Å². The summed E-state index contributed by atoms with van der Waals surface area (Å²) in [4.78, 5) is 11.8. The molecule has 0 aliphatic rings. The number of hydrogen-bond acceptors (Lipinski definition) is 3. The Kier molecular flexibility index (Phi) is 5.95. The predicted molar refractivity (Wildman–Crippen MR) is 115 cm³/mol. The molecule has 0 radical (unpaired) electrons. The molecular formula is C22H30N2O3S. The van der Waals surface area contributed by atoms with Gasteiger partial charge in [0.15, 0.2) is 0 Å². The van der Waals surface area contributed by atoms with Gasteiger partial charge in [0, 0.05) is 11.3 Å². The highest BCUT2D eigenvalue weighted by Crippen LogP contribution is 2.32. The van der Waals surface area contributed by atoms with Crippen LogP contribution in [0.2, 0.25) is 0 Å². The molecule has 0 spiro atoms. The zero-order chi connectivity index (χ0) is 21.3. The first-order chi connectivity index (χ1) is 12.7. The Morgan fingerprint density at radius 1 is 1.04 bits per heavy atom. The zero-order valence-electron chi connectivity index (χ0n) is 17.5.